The van der Waals surface area contributed by atoms with Crippen LogP contribution in [0.3, 0.4) is 0 Å². The molecule has 0 saturated heterocycles. The second kappa shape index (κ2) is 2.62. The first-order valence-corrected chi connectivity index (χ1v) is 4.13. The van der Waals surface area contributed by atoms with Gasteiger partial charge in [-0.2, -0.15) is 0 Å². The van der Waals surface area contributed by atoms with E-state index in [-0.39, 0.29) is 0 Å². The Morgan fingerprint density at radius 3 is 3.08 bits per heavy atom. The van der Waals surface area contributed by atoms with Gasteiger partial charge in [0, 0.05) is 19.2 Å². The van der Waals surface area contributed by atoms with Gasteiger partial charge in [0.15, 0.2) is 0 Å². The van der Waals surface area contributed by atoms with E-state index in [2.05, 4.69) is 4.98 Å². The summed E-state index contributed by atoms with van der Waals surface area (Å²) in [6, 6.07) is 0. The first-order chi connectivity index (χ1) is 5.77. The number of fused-ring (bicyclic) bond motifs is 1. The third kappa shape index (κ3) is 1.09. The van der Waals surface area contributed by atoms with Gasteiger partial charge in [0.25, 0.3) is 5.91 Å². The molecule has 0 unspecified atom stereocenters. The molecule has 4 heteroatoms. The zero-order chi connectivity index (χ0) is 8.55. The highest BCUT2D eigenvalue weighted by atomic mass is 16.1. The summed E-state index contributed by atoms with van der Waals surface area (Å²) in [5.41, 5.74) is 5.51. The molecule has 1 aliphatic rings. The van der Waals surface area contributed by atoms with Crippen molar-refractivity contribution in [2.75, 3.05) is 0 Å². The van der Waals surface area contributed by atoms with Crippen LogP contribution in [-0.4, -0.2) is 15.5 Å². The lowest BCUT2D eigenvalue weighted by Gasteiger charge is -2.11. The molecule has 0 aliphatic carbocycles. The molecule has 0 saturated carbocycles. The topological polar surface area (TPSA) is 60.9 Å². The molecule has 1 aliphatic heterocycles. The predicted octanol–water partition coefficient (Wildman–Crippen LogP) is 0.318. The van der Waals surface area contributed by atoms with Crippen molar-refractivity contribution in [1.82, 2.24) is 9.55 Å². The Kier molecular flexibility index (Phi) is 1.60. The molecule has 64 valence electrons. The zero-order valence-corrected chi connectivity index (χ0v) is 6.79. The maximum atomic E-state index is 10.8. The van der Waals surface area contributed by atoms with Crippen LogP contribution in [0.2, 0.25) is 0 Å². The number of hydrogen-bond acceptors (Lipinski definition) is 2. The molecule has 12 heavy (non-hydrogen) atoms. The van der Waals surface area contributed by atoms with Gasteiger partial charge in [-0.25, -0.2) is 4.98 Å². The number of aromatic nitrogens is 2. The van der Waals surface area contributed by atoms with Crippen molar-refractivity contribution in [2.24, 2.45) is 5.73 Å². The molecule has 0 fully saturated rings. The van der Waals surface area contributed by atoms with Crippen LogP contribution < -0.4 is 5.73 Å². The lowest BCUT2D eigenvalue weighted by Crippen LogP contribution is -2.11. The fourth-order valence-corrected chi connectivity index (χ4v) is 1.53. The third-order valence-corrected chi connectivity index (χ3v) is 2.16. The number of rotatable bonds is 1. The lowest BCUT2D eigenvalue weighted by molar-refractivity contribution is 0.0996. The van der Waals surface area contributed by atoms with Crippen molar-refractivity contribution >= 4 is 5.91 Å². The van der Waals surface area contributed by atoms with Gasteiger partial charge >= 0.3 is 0 Å². The van der Waals surface area contributed by atoms with E-state index in [1.807, 2.05) is 4.57 Å². The molecule has 0 aromatic carbocycles. The predicted molar refractivity (Wildman–Crippen MR) is 43.7 cm³/mol. The molecule has 2 rings (SSSR count). The summed E-state index contributed by atoms with van der Waals surface area (Å²) in [6.07, 6.45) is 5.04. The van der Waals surface area contributed by atoms with Gasteiger partial charge in [-0.1, -0.05) is 0 Å². The Hall–Kier alpha value is -1.32. The van der Waals surface area contributed by atoms with Crippen LogP contribution in [0.1, 0.15) is 29.2 Å². The summed E-state index contributed by atoms with van der Waals surface area (Å²) >= 11 is 0. The van der Waals surface area contributed by atoms with E-state index < -0.39 is 5.91 Å². The highest BCUT2D eigenvalue weighted by Gasteiger charge is 2.14. The molecule has 0 bridgehead atoms. The van der Waals surface area contributed by atoms with Crippen LogP contribution >= 0.6 is 0 Å². The molecular weight excluding hydrogens is 154 g/mol. The number of nitrogens with zero attached hydrogens (tertiary/aromatic N) is 2. The van der Waals surface area contributed by atoms with Crippen molar-refractivity contribution < 1.29 is 4.79 Å². The Morgan fingerprint density at radius 1 is 1.58 bits per heavy atom. The summed E-state index contributed by atoms with van der Waals surface area (Å²) in [5.74, 6) is 0.562. The van der Waals surface area contributed by atoms with E-state index in [0.717, 1.165) is 25.2 Å². The van der Waals surface area contributed by atoms with Crippen LogP contribution in [0, 0.1) is 0 Å². The minimum absolute atomic E-state index is 0.395. The van der Waals surface area contributed by atoms with Gasteiger partial charge < -0.3 is 10.3 Å². The summed E-state index contributed by atoms with van der Waals surface area (Å²) in [4.78, 5) is 14.9. The zero-order valence-electron chi connectivity index (χ0n) is 6.79. The number of carbonyl (C=O) groups is 1. The molecule has 2 N–H and O–H groups in total. The summed E-state index contributed by atoms with van der Waals surface area (Å²) in [7, 11) is 0. The molecule has 0 atom stereocenters. The first kappa shape index (κ1) is 7.34. The highest BCUT2D eigenvalue weighted by molar-refractivity contribution is 5.90. The van der Waals surface area contributed by atoms with E-state index in [0.29, 0.717) is 5.69 Å². The van der Waals surface area contributed by atoms with Crippen molar-refractivity contribution in [3.8, 4) is 0 Å². The number of primary amides is 1. The van der Waals surface area contributed by atoms with Crippen LogP contribution in [0.4, 0.5) is 0 Å². The Morgan fingerprint density at radius 2 is 2.42 bits per heavy atom. The molecular formula is C8H11N3O. The van der Waals surface area contributed by atoms with E-state index in [1.165, 1.54) is 6.42 Å². The minimum atomic E-state index is -0.433. The van der Waals surface area contributed by atoms with Gasteiger partial charge in [0.05, 0.1) is 0 Å². The SMILES string of the molecule is NC(=O)c1cn2c(n1)CCCC2. The second-order valence-electron chi connectivity index (χ2n) is 3.06. The molecule has 1 aromatic rings. The van der Waals surface area contributed by atoms with E-state index in [1.54, 1.807) is 6.20 Å². The lowest BCUT2D eigenvalue weighted by atomic mass is 10.2. The Bertz CT molecular complexity index is 293. The molecule has 4 nitrogen and oxygen atoms in total. The van der Waals surface area contributed by atoms with Crippen molar-refractivity contribution in [2.45, 2.75) is 25.8 Å². The molecule has 0 radical (unpaired) electrons. The number of carbonyl (C=O) groups excluding carboxylic acids is 1. The first-order valence-electron chi connectivity index (χ1n) is 4.13. The number of nitrogens with two attached hydrogens (primary N) is 1. The fraction of sp³-hybridized carbons (Fsp3) is 0.500. The third-order valence-electron chi connectivity index (χ3n) is 2.16. The smallest absolute Gasteiger partial charge is 0.268 e. The summed E-state index contributed by atoms with van der Waals surface area (Å²) < 4.78 is 2.02. The second-order valence-corrected chi connectivity index (χ2v) is 3.06. The maximum Gasteiger partial charge on any atom is 0.268 e. The molecule has 1 aromatic heterocycles. The van der Waals surface area contributed by atoms with E-state index in [9.17, 15) is 4.79 Å². The van der Waals surface area contributed by atoms with Gasteiger partial charge in [0.1, 0.15) is 11.5 Å². The molecule has 0 spiro atoms. The highest BCUT2D eigenvalue weighted by Crippen LogP contribution is 2.13. The van der Waals surface area contributed by atoms with Crippen LogP contribution in [0.25, 0.3) is 0 Å². The van der Waals surface area contributed by atoms with Crippen LogP contribution in [0.15, 0.2) is 6.20 Å². The number of aryl methyl sites for hydroxylation is 2. The maximum absolute atomic E-state index is 10.8. The van der Waals surface area contributed by atoms with E-state index >= 15 is 0 Å². The Balaban J connectivity index is 2.38. The van der Waals surface area contributed by atoms with Crippen molar-refractivity contribution in [3.05, 3.63) is 17.7 Å². The van der Waals surface area contributed by atoms with Crippen molar-refractivity contribution in [1.29, 1.82) is 0 Å². The van der Waals surface area contributed by atoms with Gasteiger partial charge in [-0.05, 0) is 12.8 Å². The fourth-order valence-electron chi connectivity index (χ4n) is 1.53. The average Bonchev–Trinajstić information content (AvgIpc) is 2.46. The quantitative estimate of drug-likeness (QED) is 0.651. The van der Waals surface area contributed by atoms with Crippen LogP contribution in [0.5, 0.6) is 0 Å². The van der Waals surface area contributed by atoms with Gasteiger partial charge in [-0.3, -0.25) is 4.79 Å². The standard InChI is InChI=1S/C8H11N3O/c9-8(12)6-5-11-4-2-1-3-7(11)10-6/h5H,1-4H2,(H2,9,12). The Labute approximate surface area is 70.4 Å². The average molecular weight is 165 g/mol. The molecule has 2 heterocycles. The number of hydrogen-bond donors (Lipinski definition) is 1. The monoisotopic (exact) mass is 165 g/mol. The van der Waals surface area contributed by atoms with E-state index in [4.69, 9.17) is 5.73 Å². The summed E-state index contributed by atoms with van der Waals surface area (Å²) in [5, 5.41) is 0. The van der Waals surface area contributed by atoms with Gasteiger partial charge in [0.2, 0.25) is 0 Å². The molecule has 1 amide bonds. The summed E-state index contributed by atoms with van der Waals surface area (Å²) in [6.45, 7) is 0.968. The number of amides is 1. The minimum Gasteiger partial charge on any atom is -0.364 e. The normalized spacial score (nSPS) is 15.7. The van der Waals surface area contributed by atoms with Crippen molar-refractivity contribution in [3.63, 3.8) is 0 Å². The van der Waals surface area contributed by atoms with Gasteiger partial charge in [-0.15, -0.1) is 0 Å². The van der Waals surface area contributed by atoms with Crippen LogP contribution in [-0.2, 0) is 13.0 Å². The number of imidazole rings is 1. The largest absolute Gasteiger partial charge is 0.364 e.